The summed E-state index contributed by atoms with van der Waals surface area (Å²) in [4.78, 5) is 11.3. The minimum Gasteiger partial charge on any atom is -0.493 e. The zero-order valence-electron chi connectivity index (χ0n) is 14.6. The molecule has 0 atom stereocenters. The van der Waals surface area contributed by atoms with Gasteiger partial charge in [-0.3, -0.25) is 0 Å². The van der Waals surface area contributed by atoms with Gasteiger partial charge in [0.05, 0.1) is 13.2 Å². The molecule has 0 amide bonds. The SMILES string of the molecule is C=CCC1CCC(COc2ccc(C=CC(=O)OCC)cc2)CC1. The van der Waals surface area contributed by atoms with Crippen molar-refractivity contribution in [1.29, 1.82) is 0 Å². The maximum atomic E-state index is 11.3. The fraction of sp³-hybridized carbons (Fsp3) is 0.476. The molecule has 0 spiro atoms. The van der Waals surface area contributed by atoms with Crippen LogP contribution in [0.15, 0.2) is 43.0 Å². The Hall–Kier alpha value is -2.03. The molecule has 130 valence electrons. The fourth-order valence-corrected chi connectivity index (χ4v) is 3.11. The summed E-state index contributed by atoms with van der Waals surface area (Å²) in [6.07, 6.45) is 11.5. The van der Waals surface area contributed by atoms with Crippen LogP contribution in [-0.4, -0.2) is 19.2 Å². The third-order valence-corrected chi connectivity index (χ3v) is 4.53. The van der Waals surface area contributed by atoms with E-state index in [2.05, 4.69) is 6.58 Å². The van der Waals surface area contributed by atoms with E-state index in [0.717, 1.165) is 30.3 Å². The number of hydrogen-bond acceptors (Lipinski definition) is 3. The third-order valence-electron chi connectivity index (χ3n) is 4.53. The summed E-state index contributed by atoms with van der Waals surface area (Å²) < 4.78 is 10.8. The van der Waals surface area contributed by atoms with E-state index >= 15 is 0 Å². The standard InChI is InChI=1S/C21H28O3/c1-3-5-17-6-8-19(9-7-17)16-24-20-13-10-18(11-14-20)12-15-21(22)23-4-2/h3,10-15,17,19H,1,4-9,16H2,2H3. The normalized spacial score (nSPS) is 20.7. The zero-order chi connectivity index (χ0) is 17.2. The minimum atomic E-state index is -0.315. The van der Waals surface area contributed by atoms with Gasteiger partial charge in [0.25, 0.3) is 0 Å². The van der Waals surface area contributed by atoms with Crippen molar-refractivity contribution in [2.75, 3.05) is 13.2 Å². The van der Waals surface area contributed by atoms with Crippen molar-refractivity contribution >= 4 is 12.0 Å². The molecule has 24 heavy (non-hydrogen) atoms. The predicted molar refractivity (Wildman–Crippen MR) is 97.9 cm³/mol. The van der Waals surface area contributed by atoms with Crippen LogP contribution in [0, 0.1) is 11.8 Å². The Morgan fingerprint density at radius 1 is 1.17 bits per heavy atom. The van der Waals surface area contributed by atoms with Crippen LogP contribution in [0.4, 0.5) is 0 Å². The van der Waals surface area contributed by atoms with Crippen molar-refractivity contribution in [3.63, 3.8) is 0 Å². The van der Waals surface area contributed by atoms with E-state index in [1.165, 1.54) is 31.8 Å². The van der Waals surface area contributed by atoms with E-state index in [1.54, 1.807) is 13.0 Å². The van der Waals surface area contributed by atoms with Crippen LogP contribution < -0.4 is 4.74 Å². The molecule has 2 rings (SSSR count). The number of esters is 1. The van der Waals surface area contributed by atoms with Gasteiger partial charge >= 0.3 is 5.97 Å². The molecule has 3 heteroatoms. The van der Waals surface area contributed by atoms with Crippen molar-refractivity contribution in [2.45, 2.75) is 39.0 Å². The van der Waals surface area contributed by atoms with E-state index in [9.17, 15) is 4.79 Å². The lowest BCUT2D eigenvalue weighted by molar-refractivity contribution is -0.137. The molecule has 0 aromatic heterocycles. The second-order valence-electron chi connectivity index (χ2n) is 6.38. The first-order valence-electron chi connectivity index (χ1n) is 8.89. The molecule has 0 saturated heterocycles. The highest BCUT2D eigenvalue weighted by molar-refractivity contribution is 5.87. The molecule has 0 unspecified atom stereocenters. The Labute approximate surface area is 145 Å². The van der Waals surface area contributed by atoms with Crippen molar-refractivity contribution in [3.05, 3.63) is 48.6 Å². The summed E-state index contributed by atoms with van der Waals surface area (Å²) >= 11 is 0. The van der Waals surface area contributed by atoms with E-state index in [4.69, 9.17) is 9.47 Å². The van der Waals surface area contributed by atoms with Crippen molar-refractivity contribution < 1.29 is 14.3 Å². The van der Waals surface area contributed by atoms with Crippen LogP contribution in [0.3, 0.4) is 0 Å². The maximum absolute atomic E-state index is 11.3. The smallest absolute Gasteiger partial charge is 0.330 e. The van der Waals surface area contributed by atoms with Gasteiger partial charge in [0.2, 0.25) is 0 Å². The van der Waals surface area contributed by atoms with Crippen LogP contribution in [-0.2, 0) is 9.53 Å². The molecular formula is C21H28O3. The molecule has 1 fully saturated rings. The first-order chi connectivity index (χ1) is 11.7. The Bertz CT molecular complexity index is 537. The predicted octanol–water partition coefficient (Wildman–Crippen LogP) is 5.02. The Kier molecular flexibility index (Phi) is 7.60. The summed E-state index contributed by atoms with van der Waals surface area (Å²) in [6, 6.07) is 7.81. The van der Waals surface area contributed by atoms with E-state index < -0.39 is 0 Å². The van der Waals surface area contributed by atoms with Gasteiger partial charge in [0, 0.05) is 6.08 Å². The Morgan fingerprint density at radius 2 is 1.83 bits per heavy atom. The average Bonchev–Trinajstić information content (AvgIpc) is 2.61. The average molecular weight is 328 g/mol. The molecule has 1 aliphatic rings. The number of ether oxygens (including phenoxy) is 2. The van der Waals surface area contributed by atoms with Crippen LogP contribution in [0.2, 0.25) is 0 Å². The Morgan fingerprint density at radius 3 is 2.46 bits per heavy atom. The molecule has 1 aromatic carbocycles. The highest BCUT2D eigenvalue weighted by Crippen LogP contribution is 2.31. The van der Waals surface area contributed by atoms with Gasteiger partial charge in [-0.1, -0.05) is 18.2 Å². The van der Waals surface area contributed by atoms with Crippen LogP contribution >= 0.6 is 0 Å². The third kappa shape index (κ3) is 6.23. The molecule has 3 nitrogen and oxygen atoms in total. The van der Waals surface area contributed by atoms with Crippen molar-refractivity contribution in [3.8, 4) is 5.75 Å². The highest BCUT2D eigenvalue weighted by Gasteiger charge is 2.20. The number of rotatable bonds is 8. The number of benzene rings is 1. The molecule has 0 N–H and O–H groups in total. The molecule has 1 aromatic rings. The maximum Gasteiger partial charge on any atom is 0.330 e. The summed E-state index contributed by atoms with van der Waals surface area (Å²) in [5, 5.41) is 0. The highest BCUT2D eigenvalue weighted by atomic mass is 16.5. The van der Waals surface area contributed by atoms with Gasteiger partial charge < -0.3 is 9.47 Å². The number of carbonyl (C=O) groups excluding carboxylic acids is 1. The molecular weight excluding hydrogens is 300 g/mol. The van der Waals surface area contributed by atoms with Crippen LogP contribution in [0.25, 0.3) is 6.08 Å². The monoisotopic (exact) mass is 328 g/mol. The molecule has 0 aliphatic heterocycles. The first kappa shape index (κ1) is 18.3. The van der Waals surface area contributed by atoms with E-state index in [-0.39, 0.29) is 5.97 Å². The summed E-state index contributed by atoms with van der Waals surface area (Å²) in [5.41, 5.74) is 0.959. The van der Waals surface area contributed by atoms with Crippen LogP contribution in [0.5, 0.6) is 5.75 Å². The van der Waals surface area contributed by atoms with E-state index in [1.807, 2.05) is 30.3 Å². The van der Waals surface area contributed by atoms with Crippen molar-refractivity contribution in [2.24, 2.45) is 11.8 Å². The largest absolute Gasteiger partial charge is 0.493 e. The van der Waals surface area contributed by atoms with Gasteiger partial charge in [0.1, 0.15) is 5.75 Å². The summed E-state index contributed by atoms with van der Waals surface area (Å²) in [7, 11) is 0. The molecule has 0 heterocycles. The number of hydrogen-bond donors (Lipinski definition) is 0. The first-order valence-corrected chi connectivity index (χ1v) is 8.89. The topological polar surface area (TPSA) is 35.5 Å². The van der Waals surface area contributed by atoms with Gasteiger partial charge in [-0.25, -0.2) is 4.79 Å². The summed E-state index contributed by atoms with van der Waals surface area (Å²) in [6.45, 7) is 6.81. The lowest BCUT2D eigenvalue weighted by atomic mass is 9.81. The minimum absolute atomic E-state index is 0.315. The molecule has 0 bridgehead atoms. The lowest BCUT2D eigenvalue weighted by Crippen LogP contribution is -2.19. The summed E-state index contributed by atoms with van der Waals surface area (Å²) in [5.74, 6) is 2.06. The quantitative estimate of drug-likeness (QED) is 0.382. The van der Waals surface area contributed by atoms with Gasteiger partial charge in [-0.15, -0.1) is 6.58 Å². The fourth-order valence-electron chi connectivity index (χ4n) is 3.11. The van der Waals surface area contributed by atoms with Crippen molar-refractivity contribution in [1.82, 2.24) is 0 Å². The van der Waals surface area contributed by atoms with Gasteiger partial charge in [-0.05, 0) is 74.6 Å². The second-order valence-corrected chi connectivity index (χ2v) is 6.38. The van der Waals surface area contributed by atoms with Crippen LogP contribution in [0.1, 0.15) is 44.6 Å². The Balaban J connectivity index is 1.74. The molecule has 1 aliphatic carbocycles. The number of carbonyl (C=O) groups is 1. The van der Waals surface area contributed by atoms with Gasteiger partial charge in [0.15, 0.2) is 0 Å². The molecule has 0 radical (unpaired) electrons. The number of allylic oxidation sites excluding steroid dienone is 1. The second kappa shape index (κ2) is 9.96. The lowest BCUT2D eigenvalue weighted by Gasteiger charge is -2.27. The van der Waals surface area contributed by atoms with Gasteiger partial charge in [-0.2, -0.15) is 0 Å². The zero-order valence-corrected chi connectivity index (χ0v) is 14.6. The van der Waals surface area contributed by atoms with E-state index in [0.29, 0.717) is 12.5 Å². The molecule has 1 saturated carbocycles.